The van der Waals surface area contributed by atoms with E-state index in [0.717, 1.165) is 0 Å². The molecule has 0 atom stereocenters. The fourth-order valence-corrected chi connectivity index (χ4v) is 0. The number of hydrogen-bond donors (Lipinski definition) is 0. The summed E-state index contributed by atoms with van der Waals surface area (Å²) < 4.78 is 0.310. The molecule has 0 unspecified atom stereocenters. The van der Waals surface area contributed by atoms with Crippen molar-refractivity contribution in [3.8, 4) is 0 Å². The summed E-state index contributed by atoms with van der Waals surface area (Å²) in [4.78, 5) is 2.00. The summed E-state index contributed by atoms with van der Waals surface area (Å²) in [5.41, 5.74) is 0. The average molecular weight is 215 g/mol. The summed E-state index contributed by atoms with van der Waals surface area (Å²) in [5.74, 6) is 0. The topological polar surface area (TPSA) is 3.24 Å². The van der Waals surface area contributed by atoms with E-state index in [1.807, 2.05) is 18.9 Å². The molecule has 0 N–H and O–H groups in total. The third-order valence-electron chi connectivity index (χ3n) is 0.390. The van der Waals surface area contributed by atoms with E-state index in [9.17, 15) is 0 Å². The van der Waals surface area contributed by atoms with Crippen LogP contribution in [-0.4, -0.2) is 23.4 Å². The van der Waals surface area contributed by atoms with E-state index in [4.69, 9.17) is 0 Å². The van der Waals surface area contributed by atoms with Gasteiger partial charge in [0.15, 0.2) is 0 Å². The first kappa shape index (κ1) is 6.98. The molecule has 36 valence electrons. The normalized spacial score (nSPS) is 9.50. The summed E-state index contributed by atoms with van der Waals surface area (Å²) in [6.07, 6.45) is 0. The molecule has 0 aliphatic rings. The Labute approximate surface area is 55.1 Å². The number of halogens is 2. The maximum atomic E-state index is 3.28. The predicted octanol–water partition coefficient (Wildman–Crippen LogP) is 1.32. The van der Waals surface area contributed by atoms with Gasteiger partial charge in [0.1, 0.15) is 0 Å². The highest BCUT2D eigenvalue weighted by molar-refractivity contribution is 9.48. The summed E-state index contributed by atoms with van der Waals surface area (Å²) in [5, 5.41) is 0. The van der Waals surface area contributed by atoms with E-state index in [1.165, 1.54) is 0 Å². The molecule has 0 radical (unpaired) electrons. The Kier molecular flexibility index (Phi) is 3.55. The van der Waals surface area contributed by atoms with Crippen molar-refractivity contribution >= 4 is 36.0 Å². The van der Waals surface area contributed by atoms with Gasteiger partial charge in [-0.05, 0) is 14.1 Å². The van der Waals surface area contributed by atoms with Gasteiger partial charge in [-0.2, -0.15) is 0 Å². The van der Waals surface area contributed by atoms with Gasteiger partial charge in [-0.1, -0.05) is 0 Å². The van der Waals surface area contributed by atoms with Crippen LogP contribution in [0.15, 0.2) is 0 Å². The lowest BCUT2D eigenvalue weighted by Crippen LogP contribution is -2.19. The second kappa shape index (κ2) is 3.05. The highest BCUT2D eigenvalue weighted by atomic mass is 79.9. The Bertz CT molecular complexity index is 32.5. The van der Waals surface area contributed by atoms with Crippen molar-refractivity contribution in [2.75, 3.05) is 14.1 Å². The predicted molar refractivity (Wildman–Crippen MR) is 37.3 cm³/mol. The lowest BCUT2D eigenvalue weighted by molar-refractivity contribution is 0.672. The molecule has 1 nitrogen and oxygen atoms in total. The lowest BCUT2D eigenvalue weighted by Gasteiger charge is -2.04. The van der Waals surface area contributed by atoms with E-state index >= 15 is 0 Å². The van der Waals surface area contributed by atoms with Crippen molar-refractivity contribution < 1.29 is 0 Å². The molecule has 0 aliphatic carbocycles. The van der Waals surface area contributed by atoms with Crippen molar-refractivity contribution in [2.24, 2.45) is 0 Å². The average Bonchev–Trinajstić information content (AvgIpc) is 1.36. The molecule has 0 heterocycles. The van der Waals surface area contributed by atoms with Crippen LogP contribution in [0, 0.1) is 0 Å². The van der Waals surface area contributed by atoms with Gasteiger partial charge in [-0.3, -0.25) is 0 Å². The van der Waals surface area contributed by atoms with Gasteiger partial charge < -0.3 is 4.81 Å². The minimum atomic E-state index is 0.310. The second-order valence-corrected chi connectivity index (χ2v) is 4.20. The largest absolute Gasteiger partial charge is 0.378 e. The van der Waals surface area contributed by atoms with Gasteiger partial charge in [0.05, 0.1) is 0 Å². The van der Waals surface area contributed by atoms with E-state index in [-0.39, 0.29) is 0 Å². The Morgan fingerprint density at radius 3 is 1.50 bits per heavy atom. The molecule has 0 aromatic carbocycles. The molecule has 0 aliphatic heterocycles. The van der Waals surface area contributed by atoms with E-state index in [1.54, 1.807) is 0 Å². The third-order valence-corrected chi connectivity index (χ3v) is 2.03. The minimum Gasteiger partial charge on any atom is -0.328 e. The molecule has 0 aromatic rings. The molecule has 0 bridgehead atoms. The van der Waals surface area contributed by atoms with Crippen LogP contribution < -0.4 is 0 Å². The van der Waals surface area contributed by atoms with E-state index in [2.05, 4.69) is 31.5 Å². The van der Waals surface area contributed by atoms with Gasteiger partial charge in [0, 0.05) is 0 Å². The fourth-order valence-electron chi connectivity index (χ4n) is 0. The number of hydrogen-bond acceptors (Lipinski definition) is 1. The molecule has 0 saturated carbocycles. The first-order chi connectivity index (χ1) is 2.64. The van der Waals surface area contributed by atoms with Crippen LogP contribution in [0.3, 0.4) is 0 Å². The first-order valence-electron chi connectivity index (χ1n) is 1.59. The van der Waals surface area contributed by atoms with Crippen molar-refractivity contribution in [1.29, 1.82) is 0 Å². The molecule has 0 aromatic heterocycles. The molecule has 0 saturated heterocycles. The lowest BCUT2D eigenvalue weighted by atomic mass is 10.4. The van der Waals surface area contributed by atoms with E-state index in [0.29, 0.717) is 4.50 Å². The SMILES string of the molecule is CN(C)B(Br)Br. The maximum Gasteiger partial charge on any atom is 0.378 e. The monoisotopic (exact) mass is 213 g/mol. The van der Waals surface area contributed by atoms with Crippen LogP contribution in [0.2, 0.25) is 0 Å². The molecule has 6 heavy (non-hydrogen) atoms. The van der Waals surface area contributed by atoms with Crippen molar-refractivity contribution in [1.82, 2.24) is 4.81 Å². The number of rotatable bonds is 1. The van der Waals surface area contributed by atoms with Crippen LogP contribution in [0.4, 0.5) is 0 Å². The third kappa shape index (κ3) is 3.19. The standard InChI is InChI=1S/C2H6BBr2N/c1-6(2)3(4)5/h1-2H3. The quantitative estimate of drug-likeness (QED) is 0.596. The summed E-state index contributed by atoms with van der Waals surface area (Å²) in [7, 11) is 3.96. The Morgan fingerprint density at radius 1 is 1.33 bits per heavy atom. The Hall–Kier alpha value is 0.985. The zero-order valence-corrected chi connectivity index (χ0v) is 6.95. The highest BCUT2D eigenvalue weighted by Crippen LogP contribution is 2.02. The molecule has 0 rings (SSSR count). The van der Waals surface area contributed by atoms with Crippen LogP contribution in [0.25, 0.3) is 0 Å². The summed E-state index contributed by atoms with van der Waals surface area (Å²) in [6, 6.07) is 0. The van der Waals surface area contributed by atoms with Gasteiger partial charge in [-0.15, -0.1) is 31.5 Å². The smallest absolute Gasteiger partial charge is 0.328 e. The molecule has 0 amide bonds. The first-order valence-corrected chi connectivity index (χ1v) is 3.42. The zero-order chi connectivity index (χ0) is 5.15. The zero-order valence-electron chi connectivity index (χ0n) is 3.78. The second-order valence-electron chi connectivity index (χ2n) is 1.24. The van der Waals surface area contributed by atoms with Crippen LogP contribution >= 0.6 is 31.5 Å². The van der Waals surface area contributed by atoms with Gasteiger partial charge >= 0.3 is 4.50 Å². The Balaban J connectivity index is 2.99. The van der Waals surface area contributed by atoms with Crippen LogP contribution in [-0.2, 0) is 0 Å². The van der Waals surface area contributed by atoms with Crippen molar-refractivity contribution in [3.63, 3.8) is 0 Å². The van der Waals surface area contributed by atoms with Crippen molar-refractivity contribution in [2.45, 2.75) is 0 Å². The summed E-state index contributed by atoms with van der Waals surface area (Å²) >= 11 is 6.56. The van der Waals surface area contributed by atoms with E-state index < -0.39 is 0 Å². The minimum absolute atomic E-state index is 0.310. The molecule has 4 heteroatoms. The fraction of sp³-hybridized carbons (Fsp3) is 1.00. The molecule has 0 spiro atoms. The molecular formula is C2H6BBr2N. The Morgan fingerprint density at radius 2 is 1.50 bits per heavy atom. The molecular weight excluding hydrogens is 209 g/mol. The van der Waals surface area contributed by atoms with Gasteiger partial charge in [0.25, 0.3) is 0 Å². The van der Waals surface area contributed by atoms with Gasteiger partial charge in [-0.25, -0.2) is 0 Å². The summed E-state index contributed by atoms with van der Waals surface area (Å²) in [6.45, 7) is 0. The number of nitrogens with zero attached hydrogens (tertiary/aromatic N) is 1. The maximum absolute atomic E-state index is 3.28. The highest BCUT2D eigenvalue weighted by Gasteiger charge is 2.03. The van der Waals surface area contributed by atoms with Gasteiger partial charge in [0.2, 0.25) is 0 Å². The van der Waals surface area contributed by atoms with Crippen LogP contribution in [0.1, 0.15) is 0 Å². The molecule has 0 fully saturated rings. The van der Waals surface area contributed by atoms with Crippen molar-refractivity contribution in [3.05, 3.63) is 0 Å². The van der Waals surface area contributed by atoms with Crippen LogP contribution in [0.5, 0.6) is 0 Å².